The van der Waals surface area contributed by atoms with Gasteiger partial charge < -0.3 is 5.32 Å². The highest BCUT2D eigenvalue weighted by Gasteiger charge is 2.15. The van der Waals surface area contributed by atoms with Gasteiger partial charge in [0.2, 0.25) is 12.2 Å². The molecule has 0 unspecified atom stereocenters. The third-order valence-electron chi connectivity index (χ3n) is 2.34. The van der Waals surface area contributed by atoms with Crippen molar-refractivity contribution in [1.82, 2.24) is 4.98 Å². The molecule has 18 heavy (non-hydrogen) atoms. The zero-order chi connectivity index (χ0) is 13.0. The Morgan fingerprint density at radius 2 is 2.11 bits per heavy atom. The lowest BCUT2D eigenvalue weighted by Crippen LogP contribution is -2.08. The first-order valence-corrected chi connectivity index (χ1v) is 5.55. The molecule has 1 amide bonds. The number of hydrogen-bond donors (Lipinski definition) is 1. The summed E-state index contributed by atoms with van der Waals surface area (Å²) in [4.78, 5) is 26.7. The van der Waals surface area contributed by atoms with Gasteiger partial charge in [-0.15, -0.1) is 0 Å². The zero-order valence-corrected chi connectivity index (χ0v) is 10.0. The molecule has 0 bridgehead atoms. The van der Waals surface area contributed by atoms with E-state index >= 15 is 0 Å². The van der Waals surface area contributed by atoms with Crippen LogP contribution in [0.15, 0.2) is 42.6 Å². The third-order valence-corrected chi connectivity index (χ3v) is 2.57. The lowest BCUT2D eigenvalue weighted by molar-refractivity contribution is -0.105. The summed E-state index contributed by atoms with van der Waals surface area (Å²) < 4.78 is 0. The highest BCUT2D eigenvalue weighted by molar-refractivity contribution is 6.31. The first-order valence-electron chi connectivity index (χ1n) is 5.18. The van der Waals surface area contributed by atoms with Gasteiger partial charge in [0.1, 0.15) is 5.69 Å². The van der Waals surface area contributed by atoms with Crippen LogP contribution < -0.4 is 5.32 Å². The van der Waals surface area contributed by atoms with Crippen molar-refractivity contribution in [2.24, 2.45) is 0 Å². The maximum atomic E-state index is 12.2. The van der Waals surface area contributed by atoms with Crippen molar-refractivity contribution < 1.29 is 9.59 Å². The van der Waals surface area contributed by atoms with E-state index in [4.69, 9.17) is 11.6 Å². The molecule has 0 atom stereocenters. The van der Waals surface area contributed by atoms with Crippen LogP contribution in [-0.4, -0.2) is 17.2 Å². The molecule has 2 rings (SSSR count). The second kappa shape index (κ2) is 5.42. The number of aromatic nitrogens is 1. The summed E-state index contributed by atoms with van der Waals surface area (Å²) in [6.45, 7) is 0. The molecule has 2 aromatic rings. The van der Waals surface area contributed by atoms with Gasteiger partial charge >= 0.3 is 0 Å². The fourth-order valence-electron chi connectivity index (χ4n) is 1.53. The van der Waals surface area contributed by atoms with E-state index in [1.54, 1.807) is 30.3 Å². The average molecular weight is 261 g/mol. The van der Waals surface area contributed by atoms with Gasteiger partial charge in [0.15, 0.2) is 0 Å². The number of pyridine rings is 1. The highest BCUT2D eigenvalue weighted by Crippen LogP contribution is 2.22. The lowest BCUT2D eigenvalue weighted by atomic mass is 10.1. The molecule has 90 valence electrons. The van der Waals surface area contributed by atoms with Gasteiger partial charge in [-0.1, -0.05) is 17.7 Å². The number of carbonyl (C=O) groups excluding carboxylic acids is 2. The Labute approximate surface area is 109 Å². The number of nitrogens with zero attached hydrogens (tertiary/aromatic N) is 1. The van der Waals surface area contributed by atoms with Crippen LogP contribution in [0.25, 0.3) is 0 Å². The van der Waals surface area contributed by atoms with Crippen LogP contribution in [-0.2, 0) is 4.79 Å². The Morgan fingerprint density at radius 3 is 2.78 bits per heavy atom. The average Bonchev–Trinajstić information content (AvgIpc) is 2.41. The number of anilines is 1. The molecule has 5 heteroatoms. The minimum absolute atomic E-state index is 0.289. The van der Waals surface area contributed by atoms with Gasteiger partial charge in [-0.05, 0) is 30.3 Å². The highest BCUT2D eigenvalue weighted by atomic mass is 35.5. The summed E-state index contributed by atoms with van der Waals surface area (Å²) in [6, 6.07) is 9.73. The molecule has 4 nitrogen and oxygen atoms in total. The van der Waals surface area contributed by atoms with Crippen LogP contribution in [0.2, 0.25) is 5.02 Å². The van der Waals surface area contributed by atoms with Crippen LogP contribution in [0.4, 0.5) is 5.69 Å². The minimum Gasteiger partial charge on any atom is -0.328 e. The summed E-state index contributed by atoms with van der Waals surface area (Å²) in [5, 5.41) is 2.89. The predicted molar refractivity (Wildman–Crippen MR) is 68.8 cm³/mol. The molecule has 0 saturated heterocycles. The summed E-state index contributed by atoms with van der Waals surface area (Å²) in [7, 11) is 0. The van der Waals surface area contributed by atoms with Crippen molar-refractivity contribution >= 4 is 29.5 Å². The Morgan fingerprint density at radius 1 is 1.28 bits per heavy atom. The van der Waals surface area contributed by atoms with E-state index in [0.717, 1.165) is 0 Å². The number of carbonyl (C=O) groups is 2. The number of hydrogen-bond acceptors (Lipinski definition) is 3. The summed E-state index contributed by atoms with van der Waals surface area (Å²) >= 11 is 5.86. The normalized spacial score (nSPS) is 9.83. The maximum Gasteiger partial charge on any atom is 0.213 e. The largest absolute Gasteiger partial charge is 0.328 e. The van der Waals surface area contributed by atoms with Gasteiger partial charge in [-0.25, -0.2) is 0 Å². The SMILES string of the molecule is O=CNc1ccc(Cl)cc1C(=O)c1ccccn1. The molecule has 0 spiro atoms. The second-order valence-electron chi connectivity index (χ2n) is 3.50. The Balaban J connectivity index is 2.46. The summed E-state index contributed by atoms with van der Waals surface area (Å²) in [6.07, 6.45) is 2.04. The fourth-order valence-corrected chi connectivity index (χ4v) is 1.70. The monoisotopic (exact) mass is 260 g/mol. The molecule has 1 heterocycles. The van der Waals surface area contributed by atoms with E-state index in [1.165, 1.54) is 12.3 Å². The first kappa shape index (κ1) is 12.3. The number of benzene rings is 1. The van der Waals surface area contributed by atoms with Crippen LogP contribution in [0.5, 0.6) is 0 Å². The molecular weight excluding hydrogens is 252 g/mol. The summed E-state index contributed by atoms with van der Waals surface area (Å²) in [5.41, 5.74) is 1.02. The molecule has 0 aliphatic carbocycles. The van der Waals surface area contributed by atoms with Gasteiger partial charge in [0.05, 0.1) is 5.69 Å². The van der Waals surface area contributed by atoms with Crippen LogP contribution in [0, 0.1) is 0 Å². The molecule has 1 N–H and O–H groups in total. The Bertz CT molecular complexity index is 585. The molecule has 0 aliphatic heterocycles. The zero-order valence-electron chi connectivity index (χ0n) is 9.26. The molecule has 0 fully saturated rings. The van der Waals surface area contributed by atoms with Crippen molar-refractivity contribution in [3.05, 3.63) is 58.9 Å². The van der Waals surface area contributed by atoms with Gasteiger partial charge in [-0.3, -0.25) is 14.6 Å². The molecular formula is C13H9ClN2O2. The van der Waals surface area contributed by atoms with Crippen LogP contribution >= 0.6 is 11.6 Å². The van der Waals surface area contributed by atoms with Crippen LogP contribution in [0.3, 0.4) is 0 Å². The maximum absolute atomic E-state index is 12.2. The van der Waals surface area contributed by atoms with Gasteiger partial charge in [0, 0.05) is 16.8 Å². The molecule has 0 aliphatic rings. The lowest BCUT2D eigenvalue weighted by Gasteiger charge is -2.07. The summed E-state index contributed by atoms with van der Waals surface area (Å²) in [5.74, 6) is -0.289. The van der Waals surface area contributed by atoms with Crippen molar-refractivity contribution in [2.45, 2.75) is 0 Å². The third kappa shape index (κ3) is 2.55. The van der Waals surface area contributed by atoms with E-state index in [2.05, 4.69) is 10.3 Å². The standard InChI is InChI=1S/C13H9ClN2O2/c14-9-4-5-11(16-8-17)10(7-9)13(18)12-3-1-2-6-15-12/h1-8H,(H,16,17). The number of nitrogens with one attached hydrogen (secondary N) is 1. The number of ketones is 1. The van der Waals surface area contributed by atoms with Gasteiger partial charge in [-0.2, -0.15) is 0 Å². The van der Waals surface area contributed by atoms with E-state index < -0.39 is 0 Å². The number of rotatable bonds is 4. The van der Waals surface area contributed by atoms with Crippen LogP contribution in [0.1, 0.15) is 16.1 Å². The molecule has 0 saturated carbocycles. The smallest absolute Gasteiger partial charge is 0.213 e. The topological polar surface area (TPSA) is 59.1 Å². The molecule has 1 aromatic heterocycles. The van der Waals surface area contributed by atoms with E-state index in [-0.39, 0.29) is 5.78 Å². The van der Waals surface area contributed by atoms with E-state index in [0.29, 0.717) is 28.4 Å². The second-order valence-corrected chi connectivity index (χ2v) is 3.93. The van der Waals surface area contributed by atoms with Crippen molar-refractivity contribution in [3.63, 3.8) is 0 Å². The molecule has 0 radical (unpaired) electrons. The quantitative estimate of drug-likeness (QED) is 0.679. The predicted octanol–water partition coefficient (Wildman–Crippen LogP) is 2.53. The first-order chi connectivity index (χ1) is 8.72. The van der Waals surface area contributed by atoms with Gasteiger partial charge in [0.25, 0.3) is 0 Å². The van der Waals surface area contributed by atoms with Crippen molar-refractivity contribution in [2.75, 3.05) is 5.32 Å². The Kier molecular flexibility index (Phi) is 3.69. The number of amides is 1. The number of halogens is 1. The minimum atomic E-state index is -0.289. The Hall–Kier alpha value is -2.20. The van der Waals surface area contributed by atoms with E-state index in [1.807, 2.05) is 0 Å². The molecule has 1 aromatic carbocycles. The fraction of sp³-hybridized carbons (Fsp3) is 0. The van der Waals surface area contributed by atoms with Crippen molar-refractivity contribution in [1.29, 1.82) is 0 Å². The van der Waals surface area contributed by atoms with Crippen molar-refractivity contribution in [3.8, 4) is 0 Å². The van der Waals surface area contributed by atoms with E-state index in [9.17, 15) is 9.59 Å².